The molecule has 4 aromatic rings. The average molecular weight is 505 g/mol. The van der Waals surface area contributed by atoms with Gasteiger partial charge in [-0.05, 0) is 48.5 Å². The van der Waals surface area contributed by atoms with Crippen LogP contribution in [-0.2, 0) is 0 Å². The number of carbonyl (C=O) groups is 1. The van der Waals surface area contributed by atoms with Crippen LogP contribution >= 0.6 is 7.26 Å². The lowest BCUT2D eigenvalue weighted by Crippen LogP contribution is -3.00. The molecular formula is C28H26BrO2P. The van der Waals surface area contributed by atoms with Crippen molar-refractivity contribution < 1.29 is 26.5 Å². The zero-order valence-electron chi connectivity index (χ0n) is 17.8. The van der Waals surface area contributed by atoms with Gasteiger partial charge in [-0.3, -0.25) is 4.79 Å². The summed E-state index contributed by atoms with van der Waals surface area (Å²) in [4.78, 5) is 11.3. The molecule has 0 fully saturated rings. The second-order valence-corrected chi connectivity index (χ2v) is 11.0. The third-order valence-corrected chi connectivity index (χ3v) is 10.1. The highest BCUT2D eigenvalue weighted by Gasteiger charge is 2.44. The molecule has 162 valence electrons. The Hall–Kier alpha value is -2.74. The Morgan fingerprint density at radius 3 is 1.53 bits per heavy atom. The Labute approximate surface area is 201 Å². The third-order valence-electron chi connectivity index (χ3n) is 5.53. The maximum Gasteiger partial charge on any atom is 0.153 e. The summed E-state index contributed by atoms with van der Waals surface area (Å²) in [6.07, 6.45) is 2.73. The van der Waals surface area contributed by atoms with E-state index in [-0.39, 0.29) is 17.0 Å². The number of para-hydroxylation sites is 1. The summed E-state index contributed by atoms with van der Waals surface area (Å²) in [5.41, 5.74) is 0.595. The molecule has 4 rings (SSSR count). The standard InChI is InChI=1S/C28H26O2P.BrH/c29-23-24-13-10-11-20-28(24)30-21-12-22-31(25-14-4-1-5-15-25,26-16-6-2-7-17-26)27-18-8-3-9-19-27;/h1-11,13-20,23H,12,21-22H2;1H/q+1;/p-1. The molecule has 2 nitrogen and oxygen atoms in total. The summed E-state index contributed by atoms with van der Waals surface area (Å²) in [5, 5.41) is 4.13. The van der Waals surface area contributed by atoms with Gasteiger partial charge in [0.1, 0.15) is 28.9 Å². The SMILES string of the molecule is O=Cc1ccccc1OCCC[P+](c1ccccc1)(c1ccccc1)c1ccccc1.[Br-]. The highest BCUT2D eigenvalue weighted by atomic mass is 79.9. The van der Waals surface area contributed by atoms with Crippen molar-refractivity contribution in [2.24, 2.45) is 0 Å². The maximum atomic E-state index is 11.3. The smallest absolute Gasteiger partial charge is 0.153 e. The molecule has 0 bridgehead atoms. The van der Waals surface area contributed by atoms with E-state index in [2.05, 4.69) is 91.0 Å². The third kappa shape index (κ3) is 5.18. The van der Waals surface area contributed by atoms with E-state index < -0.39 is 7.26 Å². The first-order valence-corrected chi connectivity index (χ1v) is 12.5. The zero-order valence-corrected chi connectivity index (χ0v) is 20.3. The van der Waals surface area contributed by atoms with Gasteiger partial charge < -0.3 is 21.7 Å². The molecule has 0 unspecified atom stereocenters. The van der Waals surface area contributed by atoms with Gasteiger partial charge in [0.25, 0.3) is 0 Å². The van der Waals surface area contributed by atoms with Crippen molar-refractivity contribution in [1.29, 1.82) is 0 Å². The normalized spacial score (nSPS) is 10.8. The van der Waals surface area contributed by atoms with Gasteiger partial charge in [0.05, 0.1) is 18.3 Å². The fourth-order valence-electron chi connectivity index (χ4n) is 4.08. The molecule has 4 heteroatoms. The summed E-state index contributed by atoms with van der Waals surface area (Å²) in [7, 11) is -1.84. The number of hydrogen-bond donors (Lipinski definition) is 0. The number of carbonyl (C=O) groups excluding carboxylic acids is 1. The summed E-state index contributed by atoms with van der Waals surface area (Å²) < 4.78 is 6.02. The Kier molecular flexibility index (Phi) is 8.79. The van der Waals surface area contributed by atoms with Crippen LogP contribution < -0.4 is 37.6 Å². The monoisotopic (exact) mass is 504 g/mol. The topological polar surface area (TPSA) is 26.3 Å². The van der Waals surface area contributed by atoms with Crippen LogP contribution in [0, 0.1) is 0 Å². The molecule has 0 atom stereocenters. The van der Waals surface area contributed by atoms with E-state index in [4.69, 9.17) is 4.74 Å². The molecule has 0 saturated heterocycles. The maximum absolute atomic E-state index is 11.3. The van der Waals surface area contributed by atoms with Crippen LogP contribution in [0.25, 0.3) is 0 Å². The van der Waals surface area contributed by atoms with Crippen LogP contribution in [-0.4, -0.2) is 19.1 Å². The lowest BCUT2D eigenvalue weighted by Gasteiger charge is -2.27. The van der Waals surface area contributed by atoms with Gasteiger partial charge in [0.2, 0.25) is 0 Å². The van der Waals surface area contributed by atoms with Crippen molar-refractivity contribution in [3.05, 3.63) is 121 Å². The molecule has 0 amide bonds. The molecule has 0 aliphatic heterocycles. The van der Waals surface area contributed by atoms with E-state index >= 15 is 0 Å². The number of halogens is 1. The Bertz CT molecular complexity index is 1010. The quantitative estimate of drug-likeness (QED) is 0.198. The van der Waals surface area contributed by atoms with Crippen molar-refractivity contribution in [1.82, 2.24) is 0 Å². The number of ether oxygens (including phenoxy) is 1. The molecule has 0 N–H and O–H groups in total. The molecule has 32 heavy (non-hydrogen) atoms. The predicted octanol–water partition coefficient (Wildman–Crippen LogP) is 2.27. The van der Waals surface area contributed by atoms with Crippen LogP contribution in [0.15, 0.2) is 115 Å². The molecule has 0 saturated carbocycles. The second kappa shape index (κ2) is 11.8. The molecule has 0 aliphatic rings. The van der Waals surface area contributed by atoms with Gasteiger partial charge in [-0.2, -0.15) is 0 Å². The van der Waals surface area contributed by atoms with Crippen LogP contribution in [0.3, 0.4) is 0 Å². The fraction of sp³-hybridized carbons (Fsp3) is 0.107. The van der Waals surface area contributed by atoms with E-state index in [1.807, 2.05) is 18.2 Å². The van der Waals surface area contributed by atoms with Crippen molar-refractivity contribution in [3.63, 3.8) is 0 Å². The Balaban J connectivity index is 0.00000289. The minimum Gasteiger partial charge on any atom is -1.00 e. The largest absolute Gasteiger partial charge is 1.00 e. The first-order chi connectivity index (χ1) is 15.3. The van der Waals surface area contributed by atoms with E-state index in [1.165, 1.54) is 15.9 Å². The fourth-order valence-corrected chi connectivity index (χ4v) is 8.39. The summed E-state index contributed by atoms with van der Waals surface area (Å²) >= 11 is 0. The highest BCUT2D eigenvalue weighted by Crippen LogP contribution is 2.55. The van der Waals surface area contributed by atoms with Crippen molar-refractivity contribution >= 4 is 29.5 Å². The number of rotatable bonds is 9. The molecule has 0 heterocycles. The summed E-state index contributed by atoms with van der Waals surface area (Å²) in [6, 6.07) is 40.0. The minimum absolute atomic E-state index is 0. The Morgan fingerprint density at radius 2 is 1.06 bits per heavy atom. The van der Waals surface area contributed by atoms with Gasteiger partial charge in [-0.1, -0.05) is 66.7 Å². The molecule has 0 aliphatic carbocycles. The number of hydrogen-bond acceptors (Lipinski definition) is 2. The van der Waals surface area contributed by atoms with Crippen LogP contribution in [0.5, 0.6) is 5.75 Å². The van der Waals surface area contributed by atoms with Crippen LogP contribution in [0.1, 0.15) is 16.8 Å². The lowest BCUT2D eigenvalue weighted by atomic mass is 10.2. The van der Waals surface area contributed by atoms with Gasteiger partial charge in [-0.25, -0.2) is 0 Å². The Morgan fingerprint density at radius 1 is 0.625 bits per heavy atom. The van der Waals surface area contributed by atoms with Crippen molar-refractivity contribution in [2.45, 2.75) is 6.42 Å². The molecule has 4 aromatic carbocycles. The zero-order chi connectivity index (χ0) is 21.4. The predicted molar refractivity (Wildman–Crippen MR) is 132 cm³/mol. The minimum atomic E-state index is -1.84. The van der Waals surface area contributed by atoms with Crippen molar-refractivity contribution in [3.8, 4) is 5.75 Å². The molecule has 0 spiro atoms. The average Bonchev–Trinajstić information content (AvgIpc) is 2.86. The summed E-state index contributed by atoms with van der Waals surface area (Å²) in [5.74, 6) is 0.653. The lowest BCUT2D eigenvalue weighted by molar-refractivity contribution is -0.0000130. The van der Waals surface area contributed by atoms with Gasteiger partial charge in [-0.15, -0.1) is 0 Å². The van der Waals surface area contributed by atoms with Crippen molar-refractivity contribution in [2.75, 3.05) is 12.8 Å². The number of benzene rings is 4. The van der Waals surface area contributed by atoms with E-state index in [0.29, 0.717) is 17.9 Å². The van der Waals surface area contributed by atoms with E-state index in [0.717, 1.165) is 18.9 Å². The van der Waals surface area contributed by atoms with Crippen LogP contribution in [0.4, 0.5) is 0 Å². The van der Waals surface area contributed by atoms with E-state index in [1.54, 1.807) is 6.07 Å². The first-order valence-electron chi connectivity index (χ1n) is 10.6. The second-order valence-electron chi connectivity index (χ2n) is 7.40. The van der Waals surface area contributed by atoms with Gasteiger partial charge in [0, 0.05) is 6.42 Å². The molecule has 0 aromatic heterocycles. The molecule has 0 radical (unpaired) electrons. The molecular weight excluding hydrogens is 479 g/mol. The van der Waals surface area contributed by atoms with Crippen LogP contribution in [0.2, 0.25) is 0 Å². The van der Waals surface area contributed by atoms with Gasteiger partial charge in [0.15, 0.2) is 6.29 Å². The first kappa shape index (κ1) is 23.9. The summed E-state index contributed by atoms with van der Waals surface area (Å²) in [6.45, 7) is 0.569. The number of aldehydes is 1. The van der Waals surface area contributed by atoms with Gasteiger partial charge >= 0.3 is 0 Å². The highest BCUT2D eigenvalue weighted by molar-refractivity contribution is 7.95. The van der Waals surface area contributed by atoms with E-state index in [9.17, 15) is 4.79 Å².